The largest absolute Gasteiger partial charge is 0.480 e. The molecule has 0 spiro atoms. The summed E-state index contributed by atoms with van der Waals surface area (Å²) in [4.78, 5) is 159. The van der Waals surface area contributed by atoms with Crippen LogP contribution in [-0.2, 0) is 57.5 Å². The summed E-state index contributed by atoms with van der Waals surface area (Å²) in [6, 6.07) is -12.4. The molecule has 34 heteroatoms. The van der Waals surface area contributed by atoms with E-state index in [4.69, 9.17) is 33.8 Å². The molecule has 0 aromatic heterocycles. The lowest BCUT2D eigenvalue weighted by atomic mass is 10.0. The minimum absolute atomic E-state index is 0.0454. The van der Waals surface area contributed by atoms with Crippen LogP contribution in [0.5, 0.6) is 0 Å². The third-order valence-corrected chi connectivity index (χ3v) is 15.5. The van der Waals surface area contributed by atoms with Gasteiger partial charge in [0.15, 0.2) is 5.96 Å². The number of amides is 11. The number of nitrogens with two attached hydrogens (primary N) is 5. The van der Waals surface area contributed by atoms with E-state index < -0.39 is 145 Å². The summed E-state index contributed by atoms with van der Waals surface area (Å²) in [5.41, 5.74) is 27.8. The van der Waals surface area contributed by atoms with E-state index in [0.29, 0.717) is 43.9 Å². The van der Waals surface area contributed by atoms with Crippen molar-refractivity contribution >= 4 is 98.5 Å². The monoisotopic (exact) mass is 1220 g/mol. The molecule has 1 unspecified atom stereocenters. The highest BCUT2D eigenvalue weighted by molar-refractivity contribution is 8.77. The van der Waals surface area contributed by atoms with Gasteiger partial charge in [-0.05, 0) is 97.9 Å². The van der Waals surface area contributed by atoms with Crippen molar-refractivity contribution in [3.8, 4) is 0 Å². The zero-order valence-electron chi connectivity index (χ0n) is 47.2. The molecule has 0 aliphatic carbocycles. The molecule has 0 aromatic carbocycles. The van der Waals surface area contributed by atoms with Gasteiger partial charge in [0.25, 0.3) is 0 Å². The number of aliphatic imine (C=N–C) groups is 1. The van der Waals surface area contributed by atoms with Crippen LogP contribution in [0.1, 0.15) is 117 Å². The third-order valence-electron chi connectivity index (χ3n) is 12.5. The van der Waals surface area contributed by atoms with Crippen LogP contribution in [0.2, 0.25) is 0 Å². The van der Waals surface area contributed by atoms with Crippen LogP contribution < -0.4 is 81.8 Å². The number of carbonyl (C=O) groups excluding carboxylic acids is 11. The van der Waals surface area contributed by atoms with Crippen molar-refractivity contribution in [2.45, 2.75) is 183 Å². The van der Waals surface area contributed by atoms with Crippen molar-refractivity contribution in [1.29, 1.82) is 0 Å². The number of aliphatic hydroxyl groups is 3. The second kappa shape index (κ2) is 41.4. The van der Waals surface area contributed by atoms with E-state index in [1.54, 1.807) is 0 Å². The van der Waals surface area contributed by atoms with Crippen molar-refractivity contribution in [3.63, 3.8) is 0 Å². The van der Waals surface area contributed by atoms with Gasteiger partial charge in [0, 0.05) is 36.9 Å². The second-order valence-corrected chi connectivity index (χ2v) is 22.6. The predicted octanol–water partition coefficient (Wildman–Crippen LogP) is -6.75. The molecule has 11 amide bonds. The highest BCUT2D eigenvalue weighted by atomic mass is 33.1. The number of carboxylic acid groups (broad SMARTS) is 1. The molecule has 1 rings (SSSR count). The Labute approximate surface area is 489 Å². The quantitative estimate of drug-likeness (QED) is 0.0117. The van der Waals surface area contributed by atoms with Crippen molar-refractivity contribution in [3.05, 3.63) is 0 Å². The standard InChI is InChI=1S/C49H88N16O16S2/c1-26(59-48(81)40(28(3)68)65-45(78)33(16-17-35(52)69)61-42(75)30(51)12-6-8-19-50)41(74)60-32(14-10-21-56-49(53)54)43(76)62-31(13-7-9-20-55-36(70)15-5-4-11-29-18-22-82-83-29)44(77)63-34(25-66)46(79)64-39(27(2)67)47(80)58-23-37(71)57-24-38(72)73/h26-34,39-40,66-68H,4-25,50-51H2,1-3H3,(H2,52,69)(H,55,70)(H,57,71)(H,58,80)(H,59,81)(H,60,74)(H,61,75)(H,62,76)(H,63,77)(H,64,79)(H,65,78)(H,72,73)(H4,53,54,56)/t26-,27+,28+,29?,30-,31-,32-,33-,34-,39-,40-/m0/s1. The molecular weight excluding hydrogens is 1130 g/mol. The Balaban J connectivity index is 3.38. The van der Waals surface area contributed by atoms with Gasteiger partial charge in [-0.2, -0.15) is 0 Å². The molecule has 0 bridgehead atoms. The van der Waals surface area contributed by atoms with Gasteiger partial charge in [0.1, 0.15) is 48.8 Å². The number of primary amides is 1. The van der Waals surface area contributed by atoms with E-state index in [9.17, 15) is 72.9 Å². The molecule has 0 saturated carbocycles. The van der Waals surface area contributed by atoms with Gasteiger partial charge >= 0.3 is 5.97 Å². The molecule has 472 valence electrons. The summed E-state index contributed by atoms with van der Waals surface area (Å²) in [7, 11) is 3.70. The van der Waals surface area contributed by atoms with E-state index in [-0.39, 0.29) is 69.9 Å². The first-order chi connectivity index (χ1) is 39.2. The first-order valence-electron chi connectivity index (χ1n) is 27.4. The molecule has 0 radical (unpaired) electrons. The maximum Gasteiger partial charge on any atom is 0.322 e. The maximum atomic E-state index is 14.2. The minimum atomic E-state index is -1.83. The van der Waals surface area contributed by atoms with Crippen molar-refractivity contribution in [2.75, 3.05) is 45.1 Å². The van der Waals surface area contributed by atoms with Crippen LogP contribution in [0.25, 0.3) is 0 Å². The molecule has 83 heavy (non-hydrogen) atoms. The van der Waals surface area contributed by atoms with E-state index >= 15 is 0 Å². The van der Waals surface area contributed by atoms with Gasteiger partial charge in [-0.25, -0.2) is 0 Å². The Bertz CT molecular complexity index is 2170. The molecule has 1 aliphatic rings. The smallest absolute Gasteiger partial charge is 0.322 e. The molecule has 0 aromatic rings. The summed E-state index contributed by atoms with van der Waals surface area (Å²) >= 11 is 0. The number of aliphatic hydroxyl groups excluding tert-OH is 3. The Morgan fingerprint density at radius 2 is 1.12 bits per heavy atom. The van der Waals surface area contributed by atoms with Crippen LogP contribution in [0.4, 0.5) is 0 Å². The summed E-state index contributed by atoms with van der Waals surface area (Å²) < 4.78 is 0. The summed E-state index contributed by atoms with van der Waals surface area (Å²) in [6.07, 6.45) is 1.58. The van der Waals surface area contributed by atoms with E-state index in [0.717, 1.165) is 38.9 Å². The van der Waals surface area contributed by atoms with Crippen LogP contribution in [-0.4, -0.2) is 208 Å². The average Bonchev–Trinajstić information content (AvgIpc) is 3.99. The van der Waals surface area contributed by atoms with Crippen molar-refractivity contribution in [2.24, 2.45) is 33.7 Å². The Kier molecular flexibility index (Phi) is 37.1. The molecule has 1 fully saturated rings. The zero-order chi connectivity index (χ0) is 62.6. The number of carbonyl (C=O) groups is 12. The highest BCUT2D eigenvalue weighted by Crippen LogP contribution is 2.39. The highest BCUT2D eigenvalue weighted by Gasteiger charge is 2.35. The lowest BCUT2D eigenvalue weighted by Crippen LogP contribution is -2.61. The SMILES string of the molecule is C[C@H](NC(=O)[C@@H](NC(=O)[C@H](CCC(N)=O)NC(=O)[C@@H](N)CCCCN)[C@@H](C)O)C(=O)N[C@@H](CCCN=C(N)N)C(=O)N[C@@H](CCCCNC(=O)CCCCC1CCSS1)C(=O)N[C@@H](CO)C(=O)N[C@H](C(=O)NCC(=O)NCC(=O)O)[C@@H](C)O. The van der Waals surface area contributed by atoms with Crippen LogP contribution in [0, 0.1) is 0 Å². The third kappa shape index (κ3) is 32.2. The minimum Gasteiger partial charge on any atom is -0.480 e. The number of carboxylic acids is 1. The number of guanidine groups is 1. The van der Waals surface area contributed by atoms with Crippen molar-refractivity contribution in [1.82, 2.24) is 53.2 Å². The zero-order valence-corrected chi connectivity index (χ0v) is 48.9. The van der Waals surface area contributed by atoms with Crippen molar-refractivity contribution < 1.29 is 78.0 Å². The number of aliphatic carboxylic acids is 1. The first kappa shape index (κ1) is 74.4. The lowest BCUT2D eigenvalue weighted by molar-refractivity contribution is -0.138. The molecule has 24 N–H and O–H groups in total. The van der Waals surface area contributed by atoms with Gasteiger partial charge in [-0.15, -0.1) is 0 Å². The fourth-order valence-corrected chi connectivity index (χ4v) is 10.8. The number of hydrogen-bond acceptors (Lipinski definition) is 20. The number of nitrogens with one attached hydrogen (secondary N) is 10. The van der Waals surface area contributed by atoms with Crippen LogP contribution in [0.15, 0.2) is 4.99 Å². The topological polar surface area (TPSA) is 549 Å². The fourth-order valence-electron chi connectivity index (χ4n) is 7.76. The first-order valence-corrected chi connectivity index (χ1v) is 29.8. The maximum absolute atomic E-state index is 14.2. The molecule has 32 nitrogen and oxygen atoms in total. The molecule has 1 heterocycles. The Hall–Kier alpha value is -6.59. The summed E-state index contributed by atoms with van der Waals surface area (Å²) in [5.74, 6) is -10.6. The molecule has 1 aliphatic heterocycles. The number of hydrogen-bond donors (Lipinski definition) is 19. The number of rotatable bonds is 43. The molecular formula is C49H88N16O16S2. The molecule has 11 atom stereocenters. The Morgan fingerprint density at radius 3 is 1.69 bits per heavy atom. The lowest BCUT2D eigenvalue weighted by Gasteiger charge is -2.28. The van der Waals surface area contributed by atoms with E-state index in [1.165, 1.54) is 6.92 Å². The van der Waals surface area contributed by atoms with Crippen LogP contribution in [0.3, 0.4) is 0 Å². The van der Waals surface area contributed by atoms with Gasteiger partial charge in [-0.3, -0.25) is 62.5 Å². The normalized spacial score (nSPS) is 16.4. The summed E-state index contributed by atoms with van der Waals surface area (Å²) in [6.45, 7) is 1.38. The van der Waals surface area contributed by atoms with Gasteiger partial charge in [0.05, 0.1) is 31.4 Å². The number of unbranched alkanes of at least 4 members (excludes halogenated alkanes) is 3. The number of nitrogens with zero attached hydrogens (tertiary/aromatic N) is 1. The van der Waals surface area contributed by atoms with Gasteiger partial charge in [-0.1, -0.05) is 34.4 Å². The van der Waals surface area contributed by atoms with E-state index in [2.05, 4.69) is 52.8 Å². The van der Waals surface area contributed by atoms with Gasteiger partial charge in [0.2, 0.25) is 65.0 Å². The average molecular weight is 1220 g/mol. The van der Waals surface area contributed by atoms with E-state index in [1.807, 2.05) is 26.9 Å². The molecule has 1 saturated heterocycles. The fraction of sp³-hybridized carbons (Fsp3) is 0.735. The predicted molar refractivity (Wildman–Crippen MR) is 306 cm³/mol. The Morgan fingerprint density at radius 1 is 0.566 bits per heavy atom. The van der Waals surface area contributed by atoms with Gasteiger partial charge < -0.3 is 102 Å². The second-order valence-electron chi connectivity index (χ2n) is 19.8. The van der Waals surface area contributed by atoms with Crippen LogP contribution >= 0.6 is 21.6 Å². The summed E-state index contributed by atoms with van der Waals surface area (Å²) in [5, 5.41) is 64.2.